The summed E-state index contributed by atoms with van der Waals surface area (Å²) in [5, 5.41) is 6.61. The zero-order valence-electron chi connectivity index (χ0n) is 20.9. The number of ether oxygens (including phenoxy) is 1. The van der Waals surface area contributed by atoms with Crippen LogP contribution in [0.1, 0.15) is 42.9 Å². The second-order valence-corrected chi connectivity index (χ2v) is 9.76. The molecule has 0 saturated carbocycles. The summed E-state index contributed by atoms with van der Waals surface area (Å²) in [6.45, 7) is 4.99. The summed E-state index contributed by atoms with van der Waals surface area (Å²) in [6.07, 6.45) is 3.58. The van der Waals surface area contributed by atoms with Crippen molar-refractivity contribution in [2.24, 2.45) is 0 Å². The molecule has 3 amide bonds. The number of halogens is 1. The lowest BCUT2D eigenvalue weighted by molar-refractivity contribution is -0.135. The number of rotatable bonds is 9. The number of pyridine rings is 1. The van der Waals surface area contributed by atoms with E-state index in [0.29, 0.717) is 34.8 Å². The third-order valence-corrected chi connectivity index (χ3v) is 6.37. The van der Waals surface area contributed by atoms with Crippen molar-refractivity contribution < 1.29 is 23.5 Å². The van der Waals surface area contributed by atoms with Crippen LogP contribution in [0.3, 0.4) is 0 Å². The summed E-state index contributed by atoms with van der Waals surface area (Å²) in [7, 11) is 0. The van der Waals surface area contributed by atoms with Gasteiger partial charge in [-0.2, -0.15) is 0 Å². The number of benzene rings is 1. The Morgan fingerprint density at radius 2 is 1.95 bits per heavy atom. The summed E-state index contributed by atoms with van der Waals surface area (Å²) in [6, 6.07) is 11.0. The van der Waals surface area contributed by atoms with Crippen molar-refractivity contribution >= 4 is 40.3 Å². The fraction of sp³-hybridized carbons (Fsp3) is 0.407. The van der Waals surface area contributed by atoms with Crippen LogP contribution in [-0.4, -0.2) is 65.5 Å². The zero-order valence-corrected chi connectivity index (χ0v) is 21.7. The molecule has 10 heteroatoms. The van der Waals surface area contributed by atoms with Gasteiger partial charge in [-0.15, -0.1) is 0 Å². The molecule has 1 aliphatic rings. The molecule has 0 unspecified atom stereocenters. The molecule has 0 spiro atoms. The number of furan rings is 1. The van der Waals surface area contributed by atoms with Gasteiger partial charge in [0.15, 0.2) is 5.76 Å². The standard InChI is InChI=1S/C27H31ClN4O5/c1-17(2)36-21-8-11-32(12-9-21)25(33)16-30-26(34)22(15-20-5-3-4-10-29-20)31-27(35)24-14-18-13-19(28)6-7-23(18)37-24/h3-7,10,13-14,17,21-22H,8-9,11-12,15-16H2,1-2H3,(H,30,34)(H,31,35)/t22-/m0/s1. The third kappa shape index (κ3) is 7.30. The highest BCUT2D eigenvalue weighted by atomic mass is 35.5. The Morgan fingerprint density at radius 1 is 1.16 bits per heavy atom. The number of carbonyl (C=O) groups is 3. The van der Waals surface area contributed by atoms with Crippen molar-refractivity contribution in [1.82, 2.24) is 20.5 Å². The van der Waals surface area contributed by atoms with Crippen molar-refractivity contribution in [2.75, 3.05) is 19.6 Å². The van der Waals surface area contributed by atoms with Crippen LogP contribution in [0.4, 0.5) is 0 Å². The molecule has 9 nitrogen and oxygen atoms in total. The molecule has 2 N–H and O–H groups in total. The van der Waals surface area contributed by atoms with E-state index < -0.39 is 17.9 Å². The first kappa shape index (κ1) is 26.6. The van der Waals surface area contributed by atoms with Crippen LogP contribution in [0.15, 0.2) is 53.1 Å². The molecular formula is C27H31ClN4O5. The molecule has 1 atom stereocenters. The van der Waals surface area contributed by atoms with Crippen molar-refractivity contribution in [3.05, 3.63) is 65.1 Å². The van der Waals surface area contributed by atoms with E-state index in [9.17, 15) is 14.4 Å². The summed E-state index contributed by atoms with van der Waals surface area (Å²) >= 11 is 6.03. The van der Waals surface area contributed by atoms with Gasteiger partial charge in [-0.05, 0) is 63.1 Å². The molecule has 2 aromatic heterocycles. The highest BCUT2D eigenvalue weighted by molar-refractivity contribution is 6.31. The largest absolute Gasteiger partial charge is 0.451 e. The molecule has 4 rings (SSSR count). The van der Waals surface area contributed by atoms with Gasteiger partial charge in [0, 0.05) is 41.8 Å². The minimum absolute atomic E-state index is 0.0543. The van der Waals surface area contributed by atoms with Crippen LogP contribution in [0.5, 0.6) is 0 Å². The lowest BCUT2D eigenvalue weighted by Crippen LogP contribution is -2.51. The molecule has 196 valence electrons. The Bertz CT molecular complexity index is 1240. The molecule has 1 fully saturated rings. The maximum absolute atomic E-state index is 13.1. The van der Waals surface area contributed by atoms with Crippen molar-refractivity contribution in [1.29, 1.82) is 0 Å². The first-order chi connectivity index (χ1) is 17.8. The maximum atomic E-state index is 13.1. The van der Waals surface area contributed by atoms with Crippen LogP contribution in [-0.2, 0) is 20.7 Å². The van der Waals surface area contributed by atoms with E-state index in [1.165, 1.54) is 0 Å². The first-order valence-electron chi connectivity index (χ1n) is 12.4. The van der Waals surface area contributed by atoms with Gasteiger partial charge < -0.3 is 24.7 Å². The highest BCUT2D eigenvalue weighted by Crippen LogP contribution is 2.23. The molecule has 3 aromatic rings. The van der Waals surface area contributed by atoms with Gasteiger partial charge in [0.25, 0.3) is 5.91 Å². The Morgan fingerprint density at radius 3 is 2.65 bits per heavy atom. The fourth-order valence-corrected chi connectivity index (χ4v) is 4.50. The number of likely N-dealkylation sites (tertiary alicyclic amines) is 1. The lowest BCUT2D eigenvalue weighted by Gasteiger charge is -2.33. The number of piperidine rings is 1. The quantitative estimate of drug-likeness (QED) is 0.442. The van der Waals surface area contributed by atoms with E-state index in [0.717, 1.165) is 12.8 Å². The van der Waals surface area contributed by atoms with Crippen LogP contribution < -0.4 is 10.6 Å². The van der Waals surface area contributed by atoms with Gasteiger partial charge in [0.05, 0.1) is 18.8 Å². The molecule has 0 radical (unpaired) electrons. The Balaban J connectivity index is 1.38. The van der Waals surface area contributed by atoms with Gasteiger partial charge in [0.2, 0.25) is 11.8 Å². The molecule has 1 saturated heterocycles. The summed E-state index contributed by atoms with van der Waals surface area (Å²) in [5.41, 5.74) is 1.13. The lowest BCUT2D eigenvalue weighted by atomic mass is 10.1. The fourth-order valence-electron chi connectivity index (χ4n) is 4.32. The van der Waals surface area contributed by atoms with Crippen molar-refractivity contribution in [2.45, 2.75) is 51.4 Å². The normalized spacial score (nSPS) is 15.1. The molecule has 0 aliphatic carbocycles. The second kappa shape index (κ2) is 12.2. The number of hydrogen-bond acceptors (Lipinski definition) is 6. The molecule has 37 heavy (non-hydrogen) atoms. The summed E-state index contributed by atoms with van der Waals surface area (Å²) < 4.78 is 11.5. The Labute approximate surface area is 220 Å². The number of aromatic nitrogens is 1. The maximum Gasteiger partial charge on any atom is 0.287 e. The number of nitrogens with one attached hydrogen (secondary N) is 2. The second-order valence-electron chi connectivity index (χ2n) is 9.33. The van der Waals surface area contributed by atoms with Crippen molar-refractivity contribution in [3.8, 4) is 0 Å². The SMILES string of the molecule is CC(C)OC1CCN(C(=O)CNC(=O)[C@H](Cc2ccccn2)NC(=O)c2cc3cc(Cl)ccc3o2)CC1. The molecule has 1 aromatic carbocycles. The number of fused-ring (bicyclic) bond motifs is 1. The van der Waals surface area contributed by atoms with Crippen LogP contribution in [0.25, 0.3) is 11.0 Å². The van der Waals surface area contributed by atoms with Gasteiger partial charge >= 0.3 is 0 Å². The van der Waals surface area contributed by atoms with Gasteiger partial charge in [-0.3, -0.25) is 19.4 Å². The third-order valence-electron chi connectivity index (χ3n) is 6.14. The topological polar surface area (TPSA) is 114 Å². The van der Waals surface area contributed by atoms with E-state index in [4.69, 9.17) is 20.8 Å². The number of amides is 3. The molecule has 3 heterocycles. The van der Waals surface area contributed by atoms with E-state index in [-0.39, 0.29) is 36.8 Å². The monoisotopic (exact) mass is 526 g/mol. The van der Waals surface area contributed by atoms with E-state index in [2.05, 4.69) is 15.6 Å². The van der Waals surface area contributed by atoms with Gasteiger partial charge in [-0.25, -0.2) is 0 Å². The molecule has 1 aliphatic heterocycles. The van der Waals surface area contributed by atoms with E-state index in [1.807, 2.05) is 13.8 Å². The van der Waals surface area contributed by atoms with Crippen LogP contribution >= 0.6 is 11.6 Å². The van der Waals surface area contributed by atoms with E-state index >= 15 is 0 Å². The average molecular weight is 527 g/mol. The van der Waals surface area contributed by atoms with Gasteiger partial charge in [-0.1, -0.05) is 17.7 Å². The zero-order chi connectivity index (χ0) is 26.4. The van der Waals surface area contributed by atoms with Crippen molar-refractivity contribution in [3.63, 3.8) is 0 Å². The van der Waals surface area contributed by atoms with Gasteiger partial charge in [0.1, 0.15) is 11.6 Å². The first-order valence-corrected chi connectivity index (χ1v) is 12.8. The van der Waals surface area contributed by atoms with Crippen LogP contribution in [0, 0.1) is 0 Å². The number of hydrogen-bond donors (Lipinski definition) is 2. The summed E-state index contributed by atoms with van der Waals surface area (Å²) in [5.74, 6) is -1.15. The average Bonchev–Trinajstić information content (AvgIpc) is 3.31. The minimum Gasteiger partial charge on any atom is -0.451 e. The number of carbonyl (C=O) groups excluding carboxylic acids is 3. The smallest absolute Gasteiger partial charge is 0.287 e. The predicted octanol–water partition coefficient (Wildman–Crippen LogP) is 3.35. The molecule has 0 bridgehead atoms. The summed E-state index contributed by atoms with van der Waals surface area (Å²) in [4.78, 5) is 44.8. The van der Waals surface area contributed by atoms with E-state index in [1.54, 1.807) is 53.6 Å². The minimum atomic E-state index is -0.961. The predicted molar refractivity (Wildman–Crippen MR) is 139 cm³/mol. The molecular weight excluding hydrogens is 496 g/mol. The van der Waals surface area contributed by atoms with Crippen LogP contribution in [0.2, 0.25) is 5.02 Å². The Hall–Kier alpha value is -3.43. The number of nitrogens with zero attached hydrogens (tertiary/aromatic N) is 2. The Kier molecular flexibility index (Phi) is 8.78. The highest BCUT2D eigenvalue weighted by Gasteiger charge is 2.27.